The molecule has 0 aliphatic rings. The minimum Gasteiger partial charge on any atom is -0.480 e. The van der Waals surface area contributed by atoms with Crippen molar-refractivity contribution in [1.82, 2.24) is 24.5 Å². The number of aliphatic carboxylic acids is 1. The van der Waals surface area contributed by atoms with E-state index in [0.29, 0.717) is 25.2 Å². The number of hydrogen-bond acceptors (Lipinski definition) is 5. The highest BCUT2D eigenvalue weighted by atomic mass is 16.4. The molecule has 3 rings (SSSR count). The highest BCUT2D eigenvalue weighted by molar-refractivity contribution is 5.81. The van der Waals surface area contributed by atoms with Crippen LogP contribution >= 0.6 is 0 Å². The summed E-state index contributed by atoms with van der Waals surface area (Å²) in [6.45, 7) is 3.87. The molecule has 0 saturated carbocycles. The second-order valence-electron chi connectivity index (χ2n) is 6.68. The Bertz CT molecular complexity index is 984. The number of benzene rings is 1. The van der Waals surface area contributed by atoms with E-state index < -0.39 is 5.97 Å². The number of carboxylic acids is 1. The quantitative estimate of drug-likeness (QED) is 0.639. The zero-order valence-corrected chi connectivity index (χ0v) is 16.0. The van der Waals surface area contributed by atoms with E-state index in [1.807, 2.05) is 44.2 Å². The van der Waals surface area contributed by atoms with Crippen molar-refractivity contribution in [2.24, 2.45) is 0 Å². The molecule has 0 atom stereocenters. The molecule has 1 aromatic carbocycles. The van der Waals surface area contributed by atoms with Gasteiger partial charge in [-0.25, -0.2) is 9.50 Å². The van der Waals surface area contributed by atoms with E-state index in [-0.39, 0.29) is 18.9 Å². The summed E-state index contributed by atoms with van der Waals surface area (Å²) in [5, 5.41) is 13.3. The number of rotatable bonds is 8. The molecular formula is C20H23N5O3. The molecule has 8 nitrogen and oxygen atoms in total. The zero-order valence-electron chi connectivity index (χ0n) is 16.0. The van der Waals surface area contributed by atoms with Gasteiger partial charge in [0.05, 0.1) is 0 Å². The van der Waals surface area contributed by atoms with Crippen LogP contribution in [0.3, 0.4) is 0 Å². The lowest BCUT2D eigenvalue weighted by molar-refractivity contribution is -0.144. The Morgan fingerprint density at radius 2 is 1.89 bits per heavy atom. The maximum Gasteiger partial charge on any atom is 0.323 e. The lowest BCUT2D eigenvalue weighted by Crippen LogP contribution is -2.37. The standard InChI is InChI=1S/C20H23N5O3/c1-14-17(15(2)25-20(23-14)21-13-22-25)8-9-18(26)24(12-19(27)28)11-10-16-6-4-3-5-7-16/h3-7,13H,8-12H2,1-2H3,(H,27,28). The SMILES string of the molecule is Cc1nc2ncnn2c(C)c1CCC(=O)N(CCc1ccccc1)CC(=O)O. The largest absolute Gasteiger partial charge is 0.480 e. The molecule has 0 fully saturated rings. The molecule has 0 aliphatic carbocycles. The van der Waals surface area contributed by atoms with Gasteiger partial charge in [0.15, 0.2) is 0 Å². The van der Waals surface area contributed by atoms with E-state index in [1.165, 1.54) is 11.2 Å². The van der Waals surface area contributed by atoms with Crippen molar-refractivity contribution in [2.75, 3.05) is 13.1 Å². The van der Waals surface area contributed by atoms with Gasteiger partial charge in [0.25, 0.3) is 5.78 Å². The summed E-state index contributed by atoms with van der Waals surface area (Å²) >= 11 is 0. The highest BCUT2D eigenvalue weighted by Gasteiger charge is 2.18. The smallest absolute Gasteiger partial charge is 0.323 e. The summed E-state index contributed by atoms with van der Waals surface area (Å²) in [7, 11) is 0. The molecule has 0 bridgehead atoms. The number of fused-ring (bicyclic) bond motifs is 1. The lowest BCUT2D eigenvalue weighted by atomic mass is 10.1. The molecule has 8 heteroatoms. The van der Waals surface area contributed by atoms with E-state index in [1.54, 1.807) is 4.52 Å². The van der Waals surface area contributed by atoms with Crippen molar-refractivity contribution in [3.8, 4) is 0 Å². The number of aromatic nitrogens is 4. The van der Waals surface area contributed by atoms with Gasteiger partial charge in [0, 0.05) is 24.4 Å². The van der Waals surface area contributed by atoms with Crippen LogP contribution < -0.4 is 0 Å². The number of hydrogen-bond donors (Lipinski definition) is 1. The van der Waals surface area contributed by atoms with E-state index in [2.05, 4.69) is 15.1 Å². The van der Waals surface area contributed by atoms with E-state index in [0.717, 1.165) is 22.5 Å². The van der Waals surface area contributed by atoms with Crippen molar-refractivity contribution >= 4 is 17.7 Å². The molecule has 0 spiro atoms. The van der Waals surface area contributed by atoms with E-state index in [9.17, 15) is 14.7 Å². The Kier molecular flexibility index (Phi) is 5.98. The Hall–Kier alpha value is -3.29. The predicted octanol–water partition coefficient (Wildman–Crippen LogP) is 1.83. The van der Waals surface area contributed by atoms with Crippen LogP contribution in [-0.4, -0.2) is 54.6 Å². The Labute approximate surface area is 162 Å². The third kappa shape index (κ3) is 4.51. The monoisotopic (exact) mass is 381 g/mol. The third-order valence-corrected chi connectivity index (χ3v) is 4.77. The highest BCUT2D eigenvalue weighted by Crippen LogP contribution is 2.15. The molecule has 0 aliphatic heterocycles. The summed E-state index contributed by atoms with van der Waals surface area (Å²) in [4.78, 5) is 33.8. The summed E-state index contributed by atoms with van der Waals surface area (Å²) in [6.07, 6.45) is 2.75. The minimum absolute atomic E-state index is 0.184. The number of carbonyl (C=O) groups excluding carboxylic acids is 1. The van der Waals surface area contributed by atoms with Crippen molar-refractivity contribution in [3.63, 3.8) is 0 Å². The first-order chi connectivity index (χ1) is 13.5. The zero-order chi connectivity index (χ0) is 20.1. The lowest BCUT2D eigenvalue weighted by Gasteiger charge is -2.21. The van der Waals surface area contributed by atoms with E-state index >= 15 is 0 Å². The fraction of sp³-hybridized carbons (Fsp3) is 0.350. The summed E-state index contributed by atoms with van der Waals surface area (Å²) in [5.74, 6) is -0.671. The molecule has 2 aromatic heterocycles. The van der Waals surface area contributed by atoms with Gasteiger partial charge >= 0.3 is 5.97 Å². The van der Waals surface area contributed by atoms with Crippen LogP contribution in [0.25, 0.3) is 5.78 Å². The number of carbonyl (C=O) groups is 2. The maximum atomic E-state index is 12.7. The first-order valence-corrected chi connectivity index (χ1v) is 9.15. The summed E-state index contributed by atoms with van der Waals surface area (Å²) < 4.78 is 1.65. The number of amides is 1. The van der Waals surface area contributed by atoms with Crippen LogP contribution in [0, 0.1) is 13.8 Å². The van der Waals surface area contributed by atoms with Gasteiger partial charge in [-0.2, -0.15) is 10.1 Å². The first-order valence-electron chi connectivity index (χ1n) is 9.15. The fourth-order valence-corrected chi connectivity index (χ4v) is 3.27. The molecule has 1 N–H and O–H groups in total. The molecule has 1 amide bonds. The molecule has 3 aromatic rings. The number of carboxylic acid groups (broad SMARTS) is 1. The van der Waals surface area contributed by atoms with Gasteiger partial charge in [-0.3, -0.25) is 9.59 Å². The second-order valence-corrected chi connectivity index (χ2v) is 6.68. The van der Waals surface area contributed by atoms with Crippen molar-refractivity contribution in [1.29, 1.82) is 0 Å². The number of nitrogens with zero attached hydrogens (tertiary/aromatic N) is 5. The van der Waals surface area contributed by atoms with Gasteiger partial charge in [0.2, 0.25) is 5.91 Å². The van der Waals surface area contributed by atoms with Crippen LogP contribution in [0.1, 0.15) is 28.9 Å². The Morgan fingerprint density at radius 3 is 2.61 bits per heavy atom. The Morgan fingerprint density at radius 1 is 1.14 bits per heavy atom. The minimum atomic E-state index is -1.01. The Balaban J connectivity index is 1.68. The molecule has 2 heterocycles. The van der Waals surface area contributed by atoms with Crippen LogP contribution in [0.2, 0.25) is 0 Å². The molecule has 0 radical (unpaired) electrons. The molecule has 0 saturated heterocycles. The average Bonchev–Trinajstić information content (AvgIpc) is 3.13. The molecule has 28 heavy (non-hydrogen) atoms. The van der Waals surface area contributed by atoms with Crippen molar-refractivity contribution in [2.45, 2.75) is 33.1 Å². The van der Waals surface area contributed by atoms with Gasteiger partial charge < -0.3 is 10.0 Å². The van der Waals surface area contributed by atoms with Crippen molar-refractivity contribution < 1.29 is 14.7 Å². The van der Waals surface area contributed by atoms with Crippen LogP contribution in [0.15, 0.2) is 36.7 Å². The first kappa shape index (κ1) is 19.5. The average molecular weight is 381 g/mol. The maximum absolute atomic E-state index is 12.7. The van der Waals surface area contributed by atoms with Crippen LogP contribution in [0.5, 0.6) is 0 Å². The van der Waals surface area contributed by atoms with Gasteiger partial charge in [-0.1, -0.05) is 30.3 Å². The summed E-state index contributed by atoms with van der Waals surface area (Å²) in [5.41, 5.74) is 3.70. The van der Waals surface area contributed by atoms with E-state index in [4.69, 9.17) is 0 Å². The molecular weight excluding hydrogens is 358 g/mol. The van der Waals surface area contributed by atoms with Crippen molar-refractivity contribution in [3.05, 3.63) is 59.2 Å². The number of aryl methyl sites for hydroxylation is 2. The molecule has 146 valence electrons. The van der Waals surface area contributed by atoms with Gasteiger partial charge in [-0.15, -0.1) is 0 Å². The van der Waals surface area contributed by atoms with Crippen LogP contribution in [0.4, 0.5) is 0 Å². The summed E-state index contributed by atoms with van der Waals surface area (Å²) in [6, 6.07) is 9.72. The van der Waals surface area contributed by atoms with Gasteiger partial charge in [-0.05, 0) is 37.8 Å². The second kappa shape index (κ2) is 8.60. The normalized spacial score (nSPS) is 10.9. The predicted molar refractivity (Wildman–Crippen MR) is 103 cm³/mol. The van der Waals surface area contributed by atoms with Crippen LogP contribution in [-0.2, 0) is 22.4 Å². The topological polar surface area (TPSA) is 101 Å². The third-order valence-electron chi connectivity index (χ3n) is 4.77. The van der Waals surface area contributed by atoms with Gasteiger partial charge in [0.1, 0.15) is 12.9 Å². The molecule has 0 unspecified atom stereocenters. The fourth-order valence-electron chi connectivity index (χ4n) is 3.27.